The number of methoxy groups -OCH3 is 5. The molecule has 2 aliphatic heterocycles. The number of hydrogen-bond donors (Lipinski definition) is 2. The van der Waals surface area contributed by atoms with Crippen LogP contribution in [0.2, 0.25) is 0 Å². The lowest BCUT2D eigenvalue weighted by atomic mass is 9.89. The van der Waals surface area contributed by atoms with Gasteiger partial charge in [-0.1, -0.05) is 6.92 Å². The van der Waals surface area contributed by atoms with Crippen LogP contribution in [0, 0.1) is 5.92 Å². The van der Waals surface area contributed by atoms with Gasteiger partial charge in [0, 0.05) is 41.5 Å². The van der Waals surface area contributed by atoms with Crippen LogP contribution in [0.15, 0.2) is 0 Å². The zero-order valence-corrected chi connectivity index (χ0v) is 19.5. The van der Waals surface area contributed by atoms with Crippen LogP contribution < -0.4 is 10.6 Å². The van der Waals surface area contributed by atoms with Crippen molar-refractivity contribution in [2.24, 2.45) is 5.92 Å². The molecule has 7 unspecified atom stereocenters. The molecule has 0 amide bonds. The molecular weight excluding hydrogens is 396 g/mol. The highest BCUT2D eigenvalue weighted by molar-refractivity contribution is 4.98. The van der Waals surface area contributed by atoms with E-state index in [1.807, 2.05) is 14.1 Å². The van der Waals surface area contributed by atoms with Gasteiger partial charge in [0.1, 0.15) is 18.3 Å². The largest absolute Gasteiger partial charge is 0.382 e. The Hall–Kier alpha value is -0.400. The first-order valence-corrected chi connectivity index (χ1v) is 10.4. The van der Waals surface area contributed by atoms with E-state index in [2.05, 4.69) is 17.6 Å². The van der Waals surface area contributed by atoms with Crippen LogP contribution in [0.1, 0.15) is 6.92 Å². The second-order valence-corrected chi connectivity index (χ2v) is 7.72. The van der Waals surface area contributed by atoms with E-state index in [0.29, 0.717) is 13.2 Å². The third kappa shape index (κ3) is 5.50. The third-order valence-corrected chi connectivity index (χ3v) is 6.10. The minimum Gasteiger partial charge on any atom is -0.382 e. The molecule has 178 valence electrons. The monoisotopic (exact) mass is 436 g/mol. The summed E-state index contributed by atoms with van der Waals surface area (Å²) in [7, 11) is 11.9. The number of hydrogen-bond acceptors (Lipinski definition) is 10. The second-order valence-electron chi connectivity index (χ2n) is 7.72. The summed E-state index contributed by atoms with van der Waals surface area (Å²) in [6.07, 6.45) is -2.61. The van der Waals surface area contributed by atoms with Crippen molar-refractivity contribution in [3.63, 3.8) is 0 Å². The molecule has 2 fully saturated rings. The summed E-state index contributed by atoms with van der Waals surface area (Å²) in [5, 5.41) is 6.51. The van der Waals surface area contributed by atoms with E-state index in [-0.39, 0.29) is 36.3 Å². The summed E-state index contributed by atoms with van der Waals surface area (Å²) in [5.41, 5.74) is 0. The van der Waals surface area contributed by atoms with Crippen LogP contribution in [0.5, 0.6) is 0 Å². The van der Waals surface area contributed by atoms with Crippen molar-refractivity contribution in [2.45, 2.75) is 62.1 Å². The summed E-state index contributed by atoms with van der Waals surface area (Å²) in [4.78, 5) is 0. The fourth-order valence-corrected chi connectivity index (χ4v) is 4.51. The molecule has 0 aromatic rings. The van der Waals surface area contributed by atoms with Gasteiger partial charge in [0.25, 0.3) is 0 Å². The normalized spacial score (nSPS) is 42.4. The second kappa shape index (κ2) is 12.6. The molecule has 0 radical (unpaired) electrons. The van der Waals surface area contributed by atoms with Crippen molar-refractivity contribution < 1.29 is 37.9 Å². The van der Waals surface area contributed by atoms with E-state index in [9.17, 15) is 0 Å². The molecule has 0 aliphatic carbocycles. The zero-order valence-electron chi connectivity index (χ0n) is 19.5. The molecular formula is C20H40N2O8. The Morgan fingerprint density at radius 3 is 1.70 bits per heavy atom. The van der Waals surface area contributed by atoms with Crippen LogP contribution in [-0.2, 0) is 37.9 Å². The third-order valence-electron chi connectivity index (χ3n) is 6.10. The summed E-state index contributed by atoms with van der Waals surface area (Å²) in [5.74, 6) is 0.116. The van der Waals surface area contributed by atoms with Crippen molar-refractivity contribution in [3.8, 4) is 0 Å². The Bertz CT molecular complexity index is 486. The minimum atomic E-state index is -0.599. The molecule has 0 spiro atoms. The molecule has 2 saturated heterocycles. The fourth-order valence-electron chi connectivity index (χ4n) is 4.51. The van der Waals surface area contributed by atoms with Gasteiger partial charge in [-0.3, -0.25) is 0 Å². The lowest BCUT2D eigenvalue weighted by Gasteiger charge is -2.49. The summed E-state index contributed by atoms with van der Waals surface area (Å²) >= 11 is 0. The molecule has 0 bridgehead atoms. The Morgan fingerprint density at radius 2 is 1.20 bits per heavy atom. The molecule has 10 heteroatoms. The van der Waals surface area contributed by atoms with E-state index in [1.54, 1.807) is 35.5 Å². The van der Waals surface area contributed by atoms with Gasteiger partial charge >= 0.3 is 0 Å². The SMILES string of the molecule is CNC1C(OC)OC(COC)[C@@H](O[C@@H]2OC(COC)[C@@H](C)C(OC)C2NC)C1OC. The molecule has 2 heterocycles. The first kappa shape index (κ1) is 25.9. The van der Waals surface area contributed by atoms with E-state index >= 15 is 0 Å². The first-order chi connectivity index (χ1) is 14.5. The molecule has 0 saturated carbocycles. The molecule has 2 N–H and O–H groups in total. The van der Waals surface area contributed by atoms with E-state index in [4.69, 9.17) is 37.9 Å². The van der Waals surface area contributed by atoms with Crippen molar-refractivity contribution in [3.05, 3.63) is 0 Å². The maximum absolute atomic E-state index is 6.54. The maximum atomic E-state index is 6.54. The van der Waals surface area contributed by atoms with E-state index in [1.165, 1.54) is 0 Å². The topological polar surface area (TPSA) is 97.9 Å². The average molecular weight is 437 g/mol. The van der Waals surface area contributed by atoms with Gasteiger partial charge < -0.3 is 48.5 Å². The molecule has 10 atom stereocenters. The van der Waals surface area contributed by atoms with Gasteiger partial charge in [0.05, 0.1) is 37.5 Å². The highest BCUT2D eigenvalue weighted by Gasteiger charge is 2.51. The lowest BCUT2D eigenvalue weighted by Crippen LogP contribution is -2.67. The number of rotatable bonds is 11. The predicted molar refractivity (Wildman–Crippen MR) is 109 cm³/mol. The Labute approximate surface area is 180 Å². The number of likely N-dealkylation sites (N-methyl/N-ethyl adjacent to an activating group) is 2. The summed E-state index contributed by atoms with van der Waals surface area (Å²) in [6.45, 7) is 2.86. The highest BCUT2D eigenvalue weighted by Crippen LogP contribution is 2.33. The fraction of sp³-hybridized carbons (Fsp3) is 1.00. The molecule has 0 aromatic carbocycles. The average Bonchev–Trinajstić information content (AvgIpc) is 2.75. The molecule has 10 nitrogen and oxygen atoms in total. The number of ether oxygens (including phenoxy) is 8. The van der Waals surface area contributed by atoms with Crippen LogP contribution in [0.3, 0.4) is 0 Å². The van der Waals surface area contributed by atoms with Gasteiger partial charge in [-0.25, -0.2) is 0 Å². The summed E-state index contributed by atoms with van der Waals surface area (Å²) in [6, 6.07) is -0.423. The minimum absolute atomic E-state index is 0.116. The van der Waals surface area contributed by atoms with Crippen LogP contribution in [-0.4, -0.2) is 118 Å². The Kier molecular flexibility index (Phi) is 10.9. The Balaban J connectivity index is 2.30. The smallest absolute Gasteiger partial charge is 0.176 e. The highest BCUT2D eigenvalue weighted by atomic mass is 16.7. The van der Waals surface area contributed by atoms with Gasteiger partial charge in [0.2, 0.25) is 0 Å². The van der Waals surface area contributed by atoms with Gasteiger partial charge in [0.15, 0.2) is 12.6 Å². The maximum Gasteiger partial charge on any atom is 0.176 e. The van der Waals surface area contributed by atoms with Crippen molar-refractivity contribution in [1.29, 1.82) is 0 Å². The summed E-state index contributed by atoms with van der Waals surface area (Å²) < 4.78 is 46.9. The predicted octanol–water partition coefficient (Wildman–Crippen LogP) is -0.397. The van der Waals surface area contributed by atoms with Crippen LogP contribution >= 0.6 is 0 Å². The molecule has 30 heavy (non-hydrogen) atoms. The van der Waals surface area contributed by atoms with Crippen molar-refractivity contribution >= 4 is 0 Å². The van der Waals surface area contributed by atoms with Crippen LogP contribution in [0.25, 0.3) is 0 Å². The number of nitrogens with one attached hydrogen (secondary N) is 2. The van der Waals surface area contributed by atoms with Crippen molar-refractivity contribution in [1.82, 2.24) is 10.6 Å². The van der Waals surface area contributed by atoms with E-state index < -0.39 is 24.8 Å². The quantitative estimate of drug-likeness (QED) is 0.445. The van der Waals surface area contributed by atoms with Crippen molar-refractivity contribution in [2.75, 3.05) is 62.9 Å². The molecule has 2 rings (SSSR count). The van der Waals surface area contributed by atoms with Crippen LogP contribution in [0.4, 0.5) is 0 Å². The van der Waals surface area contributed by atoms with Gasteiger partial charge in [-0.15, -0.1) is 0 Å². The Morgan fingerprint density at radius 1 is 0.667 bits per heavy atom. The van der Waals surface area contributed by atoms with E-state index in [0.717, 1.165) is 0 Å². The first-order valence-electron chi connectivity index (χ1n) is 10.4. The van der Waals surface area contributed by atoms with Gasteiger partial charge in [-0.2, -0.15) is 0 Å². The molecule has 2 aliphatic rings. The van der Waals surface area contributed by atoms with Gasteiger partial charge in [-0.05, 0) is 14.1 Å². The standard InChI is InChI=1S/C20H40N2O8/c1-11-12(9-23-4)28-20(14(21-2)16(11)25-6)30-17-13(10-24-5)29-19(27-8)15(22-3)18(17)26-7/h11-22H,9-10H2,1-8H3/t11-,12?,13?,14?,15?,16?,17-,18?,19?,20+/m1/s1. The lowest BCUT2D eigenvalue weighted by molar-refractivity contribution is -0.329. The zero-order chi connectivity index (χ0) is 22.3. The molecule has 0 aromatic heterocycles.